The first kappa shape index (κ1) is 6.04. The van der Waals surface area contributed by atoms with Gasteiger partial charge in [-0.3, -0.25) is 0 Å². The fraction of sp³-hybridized carbons (Fsp3) is 0.286. The zero-order valence-corrected chi connectivity index (χ0v) is 6.36. The summed E-state index contributed by atoms with van der Waals surface area (Å²) in [6.07, 6.45) is 2.84. The molecule has 0 saturated heterocycles. The van der Waals surface area contributed by atoms with Crippen LogP contribution in [0.25, 0.3) is 0 Å². The minimum Gasteiger partial charge on any atom is -0.370 e. The summed E-state index contributed by atoms with van der Waals surface area (Å²) in [4.78, 5) is 5.12. The molecule has 1 aliphatic heterocycles. The maximum absolute atomic E-state index is 4.19. The van der Waals surface area contributed by atoms with Crippen molar-refractivity contribution in [1.82, 2.24) is 4.98 Å². The molecule has 0 aliphatic carbocycles. The smallest absolute Gasteiger partial charge is 0.129 e. The van der Waals surface area contributed by atoms with Gasteiger partial charge < -0.3 is 5.32 Å². The van der Waals surface area contributed by atoms with Gasteiger partial charge in [0, 0.05) is 17.6 Å². The average molecular weight is 152 g/mol. The minimum absolute atomic E-state index is 0.947. The first-order valence-corrected chi connectivity index (χ1v) is 3.73. The maximum Gasteiger partial charge on any atom is 0.129 e. The van der Waals surface area contributed by atoms with Crippen LogP contribution < -0.4 is 5.32 Å². The van der Waals surface area contributed by atoms with Crippen molar-refractivity contribution in [3.63, 3.8) is 0 Å². The molecule has 0 bridgehead atoms. The lowest BCUT2D eigenvalue weighted by atomic mass is 10.2. The van der Waals surface area contributed by atoms with E-state index < -0.39 is 0 Å². The Morgan fingerprint density at radius 1 is 1.60 bits per heavy atom. The third-order valence-electron chi connectivity index (χ3n) is 1.64. The van der Waals surface area contributed by atoms with Gasteiger partial charge in [-0.15, -0.1) is 12.6 Å². The molecule has 1 aromatic rings. The molecule has 1 N–H and O–H groups in total. The summed E-state index contributed by atoms with van der Waals surface area (Å²) < 4.78 is 0. The van der Waals surface area contributed by atoms with Crippen LogP contribution in [0.3, 0.4) is 0 Å². The third kappa shape index (κ3) is 0.865. The van der Waals surface area contributed by atoms with Crippen molar-refractivity contribution in [2.75, 3.05) is 11.9 Å². The Balaban J connectivity index is 2.52. The fourth-order valence-electron chi connectivity index (χ4n) is 1.16. The zero-order chi connectivity index (χ0) is 6.97. The largest absolute Gasteiger partial charge is 0.370 e. The molecule has 1 aromatic heterocycles. The Kier molecular flexibility index (Phi) is 1.31. The predicted molar refractivity (Wildman–Crippen MR) is 43.7 cm³/mol. The van der Waals surface area contributed by atoms with Gasteiger partial charge in [0.1, 0.15) is 5.82 Å². The summed E-state index contributed by atoms with van der Waals surface area (Å²) in [5.74, 6) is 1.03. The fourth-order valence-corrected chi connectivity index (χ4v) is 1.38. The van der Waals surface area contributed by atoms with Gasteiger partial charge in [0.15, 0.2) is 0 Å². The molecule has 0 spiro atoms. The summed E-state index contributed by atoms with van der Waals surface area (Å²) >= 11 is 4.19. The molecule has 0 fully saturated rings. The van der Waals surface area contributed by atoms with Crippen LogP contribution in [-0.2, 0) is 6.42 Å². The first-order chi connectivity index (χ1) is 4.86. The number of rotatable bonds is 0. The predicted octanol–water partition coefficient (Wildman–Crippen LogP) is 1.34. The number of thiol groups is 1. The van der Waals surface area contributed by atoms with Gasteiger partial charge in [-0.05, 0) is 18.1 Å². The summed E-state index contributed by atoms with van der Waals surface area (Å²) in [6.45, 7) is 1.01. The summed E-state index contributed by atoms with van der Waals surface area (Å²) in [5.41, 5.74) is 1.28. The van der Waals surface area contributed by atoms with Gasteiger partial charge in [0.05, 0.1) is 0 Å². The van der Waals surface area contributed by atoms with Crippen LogP contribution in [0, 0.1) is 0 Å². The van der Waals surface area contributed by atoms with Crippen molar-refractivity contribution in [3.05, 3.63) is 17.8 Å². The molecule has 2 nitrogen and oxygen atoms in total. The third-order valence-corrected chi connectivity index (χ3v) is 1.88. The number of hydrogen-bond acceptors (Lipinski definition) is 3. The number of nitrogens with zero attached hydrogens (tertiary/aromatic N) is 1. The minimum atomic E-state index is 0.947. The molecule has 2 heterocycles. The van der Waals surface area contributed by atoms with E-state index in [-0.39, 0.29) is 0 Å². The van der Waals surface area contributed by atoms with Gasteiger partial charge >= 0.3 is 0 Å². The van der Waals surface area contributed by atoms with Crippen molar-refractivity contribution in [2.45, 2.75) is 11.3 Å². The normalized spacial score (nSPS) is 14.5. The number of nitrogens with one attached hydrogen (secondary N) is 1. The molecular formula is C7H8N2S. The van der Waals surface area contributed by atoms with Crippen molar-refractivity contribution in [1.29, 1.82) is 0 Å². The second-order valence-electron chi connectivity index (χ2n) is 2.38. The Hall–Kier alpha value is -0.700. The molecule has 3 heteroatoms. The van der Waals surface area contributed by atoms with Gasteiger partial charge in [0.2, 0.25) is 0 Å². The van der Waals surface area contributed by atoms with Crippen LogP contribution >= 0.6 is 12.6 Å². The van der Waals surface area contributed by atoms with E-state index in [0.717, 1.165) is 23.7 Å². The lowest BCUT2D eigenvalue weighted by Gasteiger charge is -1.96. The lowest BCUT2D eigenvalue weighted by Crippen LogP contribution is -1.92. The van der Waals surface area contributed by atoms with Crippen LogP contribution in [0.15, 0.2) is 17.2 Å². The van der Waals surface area contributed by atoms with E-state index in [1.54, 1.807) is 6.20 Å². The molecule has 10 heavy (non-hydrogen) atoms. The van der Waals surface area contributed by atoms with Gasteiger partial charge in [-0.25, -0.2) is 4.98 Å². The van der Waals surface area contributed by atoms with E-state index >= 15 is 0 Å². The first-order valence-electron chi connectivity index (χ1n) is 3.28. The van der Waals surface area contributed by atoms with Crippen LogP contribution in [0.1, 0.15) is 5.56 Å². The summed E-state index contributed by atoms with van der Waals surface area (Å²) in [5, 5.41) is 3.18. The second kappa shape index (κ2) is 2.16. The Labute approximate surface area is 65.1 Å². The number of anilines is 1. The SMILES string of the molecule is Sc1cnc2c(c1)CCN2. The summed E-state index contributed by atoms with van der Waals surface area (Å²) in [6, 6.07) is 2.06. The maximum atomic E-state index is 4.19. The molecule has 1 aliphatic rings. The molecule has 0 unspecified atom stereocenters. The molecule has 0 aromatic carbocycles. The van der Waals surface area contributed by atoms with Crippen LogP contribution in [0.5, 0.6) is 0 Å². The van der Waals surface area contributed by atoms with Crippen molar-refractivity contribution >= 4 is 18.4 Å². The molecule has 0 atom stereocenters. The Morgan fingerprint density at radius 2 is 2.50 bits per heavy atom. The van der Waals surface area contributed by atoms with E-state index in [0.29, 0.717) is 0 Å². The molecule has 0 saturated carbocycles. The average Bonchev–Trinajstić information content (AvgIpc) is 2.33. The highest BCUT2D eigenvalue weighted by Gasteiger charge is 2.09. The molecule has 0 radical (unpaired) electrons. The topological polar surface area (TPSA) is 24.9 Å². The van der Waals surface area contributed by atoms with E-state index in [2.05, 4.69) is 29.0 Å². The second-order valence-corrected chi connectivity index (χ2v) is 2.89. The number of fused-ring (bicyclic) bond motifs is 1. The van der Waals surface area contributed by atoms with E-state index in [1.165, 1.54) is 5.56 Å². The number of hydrogen-bond donors (Lipinski definition) is 2. The standard InChI is InChI=1S/C7H8N2S/c10-6-3-5-1-2-8-7(5)9-4-6/h3-4,10H,1-2H2,(H,8,9). The van der Waals surface area contributed by atoms with Crippen LogP contribution in [0.2, 0.25) is 0 Å². The van der Waals surface area contributed by atoms with Crippen molar-refractivity contribution in [2.24, 2.45) is 0 Å². The molecular weight excluding hydrogens is 144 g/mol. The van der Waals surface area contributed by atoms with E-state index in [1.807, 2.05) is 0 Å². The van der Waals surface area contributed by atoms with Crippen LogP contribution in [-0.4, -0.2) is 11.5 Å². The lowest BCUT2D eigenvalue weighted by molar-refractivity contribution is 1.10. The molecule has 52 valence electrons. The number of pyridine rings is 1. The van der Waals surface area contributed by atoms with Crippen molar-refractivity contribution < 1.29 is 0 Å². The molecule has 2 rings (SSSR count). The van der Waals surface area contributed by atoms with E-state index in [4.69, 9.17) is 0 Å². The monoisotopic (exact) mass is 152 g/mol. The Bertz CT molecular complexity index is 260. The van der Waals surface area contributed by atoms with Gasteiger partial charge in [0.25, 0.3) is 0 Å². The highest BCUT2D eigenvalue weighted by molar-refractivity contribution is 7.80. The Morgan fingerprint density at radius 3 is 3.40 bits per heavy atom. The van der Waals surface area contributed by atoms with Gasteiger partial charge in [-0.1, -0.05) is 0 Å². The van der Waals surface area contributed by atoms with Crippen molar-refractivity contribution in [3.8, 4) is 0 Å². The number of aromatic nitrogens is 1. The van der Waals surface area contributed by atoms with E-state index in [9.17, 15) is 0 Å². The zero-order valence-electron chi connectivity index (χ0n) is 5.46. The molecule has 0 amide bonds. The highest BCUT2D eigenvalue weighted by atomic mass is 32.1. The van der Waals surface area contributed by atoms with Crippen LogP contribution in [0.4, 0.5) is 5.82 Å². The quantitative estimate of drug-likeness (QED) is 0.548. The van der Waals surface area contributed by atoms with Gasteiger partial charge in [-0.2, -0.15) is 0 Å². The summed E-state index contributed by atoms with van der Waals surface area (Å²) in [7, 11) is 0. The highest BCUT2D eigenvalue weighted by Crippen LogP contribution is 2.20.